The van der Waals surface area contributed by atoms with Gasteiger partial charge in [0, 0.05) is 32.1 Å². The Labute approximate surface area is 107 Å². The highest BCUT2D eigenvalue weighted by molar-refractivity contribution is 5.48. The Balaban J connectivity index is 2.20. The third-order valence-electron chi connectivity index (χ3n) is 2.66. The van der Waals surface area contributed by atoms with E-state index in [4.69, 9.17) is 0 Å². The van der Waals surface area contributed by atoms with Crippen LogP contribution in [0.4, 0.5) is 11.8 Å². The molecule has 94 valence electrons. The molecule has 2 aromatic rings. The Morgan fingerprint density at radius 3 is 2.78 bits per heavy atom. The molecule has 0 atom stereocenters. The van der Waals surface area contributed by atoms with Gasteiger partial charge in [-0.2, -0.15) is 4.98 Å². The first-order valence-electron chi connectivity index (χ1n) is 5.83. The number of hydrogen-bond donors (Lipinski definition) is 1. The van der Waals surface area contributed by atoms with Crippen molar-refractivity contribution in [2.45, 2.75) is 13.5 Å². The fourth-order valence-corrected chi connectivity index (χ4v) is 1.75. The van der Waals surface area contributed by atoms with Crippen molar-refractivity contribution in [3.63, 3.8) is 0 Å². The fourth-order valence-electron chi connectivity index (χ4n) is 1.75. The monoisotopic (exact) mass is 243 g/mol. The van der Waals surface area contributed by atoms with Crippen LogP contribution in [-0.4, -0.2) is 29.0 Å². The fraction of sp³-hybridized carbons (Fsp3) is 0.308. The van der Waals surface area contributed by atoms with E-state index in [9.17, 15) is 0 Å². The first-order valence-corrected chi connectivity index (χ1v) is 5.83. The van der Waals surface area contributed by atoms with Crippen LogP contribution in [-0.2, 0) is 6.54 Å². The lowest BCUT2D eigenvalue weighted by molar-refractivity contribution is 0.855. The standard InChI is InChI=1S/C13H17N5/c1-10-8-16-13(14-2)17-12(10)18(3)9-11-6-4-5-7-15-11/h4-8H,9H2,1-3H3,(H,14,16,17). The van der Waals surface area contributed by atoms with Gasteiger partial charge >= 0.3 is 0 Å². The normalized spacial score (nSPS) is 10.2. The average molecular weight is 243 g/mol. The van der Waals surface area contributed by atoms with E-state index in [0.29, 0.717) is 5.95 Å². The highest BCUT2D eigenvalue weighted by Gasteiger charge is 2.09. The second-order valence-corrected chi connectivity index (χ2v) is 4.13. The maximum atomic E-state index is 4.46. The Morgan fingerprint density at radius 2 is 2.11 bits per heavy atom. The number of hydrogen-bond acceptors (Lipinski definition) is 5. The highest BCUT2D eigenvalue weighted by atomic mass is 15.2. The van der Waals surface area contributed by atoms with Crippen LogP contribution in [0.15, 0.2) is 30.6 Å². The minimum absolute atomic E-state index is 0.628. The Hall–Kier alpha value is -2.17. The van der Waals surface area contributed by atoms with Gasteiger partial charge in [-0.15, -0.1) is 0 Å². The second kappa shape index (κ2) is 5.44. The molecule has 0 fully saturated rings. The summed E-state index contributed by atoms with van der Waals surface area (Å²) in [4.78, 5) is 15.0. The minimum atomic E-state index is 0.628. The molecule has 0 saturated heterocycles. The number of pyridine rings is 1. The first-order chi connectivity index (χ1) is 8.70. The van der Waals surface area contributed by atoms with Crippen molar-refractivity contribution < 1.29 is 0 Å². The van der Waals surface area contributed by atoms with E-state index < -0.39 is 0 Å². The van der Waals surface area contributed by atoms with Crippen molar-refractivity contribution in [3.05, 3.63) is 41.9 Å². The van der Waals surface area contributed by atoms with Gasteiger partial charge in [-0.1, -0.05) is 6.07 Å². The Morgan fingerprint density at radius 1 is 1.28 bits per heavy atom. The van der Waals surface area contributed by atoms with E-state index in [-0.39, 0.29) is 0 Å². The number of nitrogens with one attached hydrogen (secondary N) is 1. The topological polar surface area (TPSA) is 53.9 Å². The third-order valence-corrected chi connectivity index (χ3v) is 2.66. The number of aryl methyl sites for hydroxylation is 1. The number of nitrogens with zero attached hydrogens (tertiary/aromatic N) is 4. The maximum Gasteiger partial charge on any atom is 0.224 e. The zero-order valence-electron chi connectivity index (χ0n) is 10.9. The molecule has 18 heavy (non-hydrogen) atoms. The van der Waals surface area contributed by atoms with Gasteiger partial charge in [0.05, 0.1) is 12.2 Å². The number of rotatable bonds is 4. The molecule has 0 aliphatic rings. The van der Waals surface area contributed by atoms with Crippen molar-refractivity contribution in [2.75, 3.05) is 24.3 Å². The average Bonchev–Trinajstić information content (AvgIpc) is 2.40. The molecule has 0 bridgehead atoms. The summed E-state index contributed by atoms with van der Waals surface area (Å²) < 4.78 is 0. The van der Waals surface area contributed by atoms with Crippen molar-refractivity contribution in [3.8, 4) is 0 Å². The predicted molar refractivity (Wildman–Crippen MR) is 72.7 cm³/mol. The van der Waals surface area contributed by atoms with Crippen LogP contribution in [0.2, 0.25) is 0 Å². The third kappa shape index (κ3) is 2.74. The van der Waals surface area contributed by atoms with Crippen LogP contribution in [0.25, 0.3) is 0 Å². The molecule has 5 heteroatoms. The van der Waals surface area contributed by atoms with E-state index >= 15 is 0 Å². The van der Waals surface area contributed by atoms with Crippen LogP contribution < -0.4 is 10.2 Å². The summed E-state index contributed by atoms with van der Waals surface area (Å²) in [5, 5.41) is 2.95. The van der Waals surface area contributed by atoms with Gasteiger partial charge in [0.1, 0.15) is 5.82 Å². The first kappa shape index (κ1) is 12.3. The SMILES string of the molecule is CNc1ncc(C)c(N(C)Cc2ccccn2)n1. The molecule has 0 amide bonds. The summed E-state index contributed by atoms with van der Waals surface area (Å²) >= 11 is 0. The van der Waals surface area contributed by atoms with Gasteiger partial charge in [0.15, 0.2) is 0 Å². The van der Waals surface area contributed by atoms with Gasteiger partial charge in [0.2, 0.25) is 5.95 Å². The molecule has 0 aromatic carbocycles. The van der Waals surface area contributed by atoms with Crippen LogP contribution in [0.1, 0.15) is 11.3 Å². The van der Waals surface area contributed by atoms with Crippen LogP contribution in [0.3, 0.4) is 0 Å². The zero-order valence-corrected chi connectivity index (χ0v) is 10.9. The molecule has 0 spiro atoms. The van der Waals surface area contributed by atoms with Crippen molar-refractivity contribution in [1.29, 1.82) is 0 Å². The van der Waals surface area contributed by atoms with Crippen molar-refractivity contribution in [1.82, 2.24) is 15.0 Å². The molecule has 2 aromatic heterocycles. The molecule has 0 unspecified atom stereocenters. The van der Waals surface area contributed by atoms with E-state index in [0.717, 1.165) is 23.6 Å². The largest absolute Gasteiger partial charge is 0.357 e. The predicted octanol–water partition coefficient (Wildman–Crippen LogP) is 1.86. The summed E-state index contributed by atoms with van der Waals surface area (Å²) in [5.74, 6) is 1.54. The lowest BCUT2D eigenvalue weighted by Crippen LogP contribution is -2.20. The van der Waals surface area contributed by atoms with Crippen LogP contribution in [0, 0.1) is 6.92 Å². The lowest BCUT2D eigenvalue weighted by atomic mass is 10.3. The summed E-state index contributed by atoms with van der Waals surface area (Å²) in [6, 6.07) is 5.91. The number of anilines is 2. The Kier molecular flexibility index (Phi) is 3.72. The van der Waals surface area contributed by atoms with E-state index in [1.807, 2.05) is 45.4 Å². The van der Waals surface area contributed by atoms with Gasteiger partial charge in [-0.3, -0.25) is 4.98 Å². The van der Waals surface area contributed by atoms with Crippen molar-refractivity contribution >= 4 is 11.8 Å². The van der Waals surface area contributed by atoms with Crippen molar-refractivity contribution in [2.24, 2.45) is 0 Å². The van der Waals surface area contributed by atoms with Crippen LogP contribution >= 0.6 is 0 Å². The van der Waals surface area contributed by atoms with Crippen LogP contribution in [0.5, 0.6) is 0 Å². The molecular weight excluding hydrogens is 226 g/mol. The van der Waals surface area contributed by atoms with Gasteiger partial charge in [0.25, 0.3) is 0 Å². The smallest absolute Gasteiger partial charge is 0.224 e. The quantitative estimate of drug-likeness (QED) is 0.888. The zero-order chi connectivity index (χ0) is 13.0. The number of aromatic nitrogens is 3. The maximum absolute atomic E-state index is 4.46. The second-order valence-electron chi connectivity index (χ2n) is 4.13. The summed E-state index contributed by atoms with van der Waals surface area (Å²) in [5.41, 5.74) is 2.07. The summed E-state index contributed by atoms with van der Waals surface area (Å²) in [7, 11) is 3.82. The van der Waals surface area contributed by atoms with E-state index in [1.165, 1.54) is 0 Å². The van der Waals surface area contributed by atoms with Gasteiger partial charge in [-0.05, 0) is 19.1 Å². The summed E-state index contributed by atoms with van der Waals surface area (Å²) in [6.45, 7) is 2.73. The molecular formula is C13H17N5. The van der Waals surface area contributed by atoms with Gasteiger partial charge < -0.3 is 10.2 Å². The minimum Gasteiger partial charge on any atom is -0.357 e. The lowest BCUT2D eigenvalue weighted by Gasteiger charge is -2.20. The summed E-state index contributed by atoms with van der Waals surface area (Å²) in [6.07, 6.45) is 3.62. The van der Waals surface area contributed by atoms with E-state index in [2.05, 4.69) is 25.2 Å². The molecule has 0 radical (unpaired) electrons. The molecule has 1 N–H and O–H groups in total. The molecule has 2 heterocycles. The molecule has 0 aliphatic heterocycles. The van der Waals surface area contributed by atoms with E-state index in [1.54, 1.807) is 6.20 Å². The molecule has 0 saturated carbocycles. The highest BCUT2D eigenvalue weighted by Crippen LogP contribution is 2.17. The molecule has 2 rings (SSSR count). The molecule has 5 nitrogen and oxygen atoms in total. The van der Waals surface area contributed by atoms with Gasteiger partial charge in [-0.25, -0.2) is 4.98 Å². The molecule has 0 aliphatic carbocycles. The Bertz CT molecular complexity index is 512.